The number of thiophene rings is 1. The number of hydrogen-bond acceptors (Lipinski definition) is 4. The third kappa shape index (κ3) is 4.00. The van der Waals surface area contributed by atoms with Crippen molar-refractivity contribution in [2.24, 2.45) is 5.84 Å². The minimum Gasteiger partial charge on any atom is -0.469 e. The highest BCUT2D eigenvalue weighted by atomic mass is 32.1. The molecule has 3 nitrogen and oxygen atoms in total. The van der Waals surface area contributed by atoms with E-state index in [2.05, 4.69) is 22.3 Å². The van der Waals surface area contributed by atoms with Crippen LogP contribution in [0.2, 0.25) is 0 Å². The zero-order chi connectivity index (χ0) is 11.9. The van der Waals surface area contributed by atoms with Crippen molar-refractivity contribution >= 4 is 11.3 Å². The molecular formula is C13H18N2OS. The summed E-state index contributed by atoms with van der Waals surface area (Å²) in [6, 6.07) is 6.45. The van der Waals surface area contributed by atoms with Crippen molar-refractivity contribution in [2.75, 3.05) is 0 Å². The van der Waals surface area contributed by atoms with E-state index in [1.165, 1.54) is 5.56 Å². The van der Waals surface area contributed by atoms with Crippen molar-refractivity contribution in [3.63, 3.8) is 0 Å². The smallest absolute Gasteiger partial charge is 0.103 e. The van der Waals surface area contributed by atoms with E-state index in [0.29, 0.717) is 6.04 Å². The Bertz CT molecular complexity index is 359. The molecule has 2 heterocycles. The summed E-state index contributed by atoms with van der Waals surface area (Å²) in [6.45, 7) is 0. The van der Waals surface area contributed by atoms with E-state index in [0.717, 1.165) is 31.4 Å². The maximum atomic E-state index is 5.57. The molecule has 0 aliphatic heterocycles. The van der Waals surface area contributed by atoms with Crippen LogP contribution in [0.5, 0.6) is 0 Å². The molecule has 0 fully saturated rings. The highest BCUT2D eigenvalue weighted by Crippen LogP contribution is 2.12. The lowest BCUT2D eigenvalue weighted by atomic mass is 10.0. The van der Waals surface area contributed by atoms with Crippen LogP contribution in [0.4, 0.5) is 0 Å². The van der Waals surface area contributed by atoms with E-state index >= 15 is 0 Å². The Morgan fingerprint density at radius 1 is 1.29 bits per heavy atom. The largest absolute Gasteiger partial charge is 0.469 e. The monoisotopic (exact) mass is 250 g/mol. The molecule has 3 N–H and O–H groups in total. The van der Waals surface area contributed by atoms with Gasteiger partial charge in [-0.3, -0.25) is 11.3 Å². The summed E-state index contributed by atoms with van der Waals surface area (Å²) < 4.78 is 5.31. The molecule has 0 spiro atoms. The first kappa shape index (κ1) is 12.4. The second-order valence-corrected chi connectivity index (χ2v) is 4.93. The molecule has 0 aliphatic rings. The molecular weight excluding hydrogens is 232 g/mol. The van der Waals surface area contributed by atoms with E-state index < -0.39 is 0 Å². The lowest BCUT2D eigenvalue weighted by molar-refractivity contribution is 0.432. The quantitative estimate of drug-likeness (QED) is 0.587. The summed E-state index contributed by atoms with van der Waals surface area (Å²) in [6.07, 6.45) is 5.80. The van der Waals surface area contributed by atoms with Gasteiger partial charge in [0.25, 0.3) is 0 Å². The van der Waals surface area contributed by atoms with E-state index in [4.69, 9.17) is 10.3 Å². The first-order valence-electron chi connectivity index (χ1n) is 5.88. The predicted octanol–water partition coefficient (Wildman–Crippen LogP) is 2.74. The zero-order valence-electron chi connectivity index (χ0n) is 9.76. The minimum atomic E-state index is 0.347. The van der Waals surface area contributed by atoms with Gasteiger partial charge < -0.3 is 4.42 Å². The fraction of sp³-hybridized carbons (Fsp3) is 0.385. The van der Waals surface area contributed by atoms with Gasteiger partial charge in [-0.15, -0.1) is 0 Å². The van der Waals surface area contributed by atoms with Crippen molar-refractivity contribution in [3.05, 3.63) is 46.5 Å². The number of nitrogens with one attached hydrogen (secondary N) is 1. The summed E-state index contributed by atoms with van der Waals surface area (Å²) in [5, 5.41) is 4.31. The van der Waals surface area contributed by atoms with Gasteiger partial charge >= 0.3 is 0 Å². The third-order valence-corrected chi connectivity index (χ3v) is 3.65. The Morgan fingerprint density at radius 3 is 2.82 bits per heavy atom. The van der Waals surface area contributed by atoms with Gasteiger partial charge in [0.2, 0.25) is 0 Å². The average molecular weight is 250 g/mol. The lowest BCUT2D eigenvalue weighted by Gasteiger charge is -2.14. The van der Waals surface area contributed by atoms with E-state index in [1.807, 2.05) is 12.1 Å². The van der Waals surface area contributed by atoms with Gasteiger partial charge in [0.05, 0.1) is 6.26 Å². The van der Waals surface area contributed by atoms with E-state index in [9.17, 15) is 0 Å². The summed E-state index contributed by atoms with van der Waals surface area (Å²) in [7, 11) is 0. The van der Waals surface area contributed by atoms with Gasteiger partial charge in [-0.05, 0) is 53.8 Å². The van der Waals surface area contributed by atoms with Gasteiger partial charge in [-0.25, -0.2) is 0 Å². The molecule has 2 rings (SSSR count). The summed E-state index contributed by atoms with van der Waals surface area (Å²) in [5.41, 5.74) is 4.29. The van der Waals surface area contributed by atoms with Crippen LogP contribution >= 0.6 is 11.3 Å². The van der Waals surface area contributed by atoms with Gasteiger partial charge in [0, 0.05) is 12.5 Å². The van der Waals surface area contributed by atoms with Crippen LogP contribution in [0.25, 0.3) is 0 Å². The molecule has 2 aromatic heterocycles. The molecule has 0 radical (unpaired) electrons. The van der Waals surface area contributed by atoms with Crippen LogP contribution in [0.15, 0.2) is 39.6 Å². The minimum absolute atomic E-state index is 0.347. The second kappa shape index (κ2) is 6.59. The Balaban J connectivity index is 1.73. The van der Waals surface area contributed by atoms with Crippen molar-refractivity contribution in [3.8, 4) is 0 Å². The maximum absolute atomic E-state index is 5.57. The molecule has 92 valence electrons. The normalized spacial score (nSPS) is 12.8. The molecule has 4 heteroatoms. The highest BCUT2D eigenvalue weighted by Gasteiger charge is 2.08. The Kier molecular flexibility index (Phi) is 4.79. The lowest BCUT2D eigenvalue weighted by Crippen LogP contribution is -2.35. The van der Waals surface area contributed by atoms with Gasteiger partial charge in [0.15, 0.2) is 0 Å². The number of hydrogen-bond donors (Lipinski definition) is 2. The van der Waals surface area contributed by atoms with Crippen LogP contribution < -0.4 is 11.3 Å². The Hall–Kier alpha value is -1.10. The van der Waals surface area contributed by atoms with Crippen molar-refractivity contribution < 1.29 is 4.42 Å². The first-order chi connectivity index (χ1) is 8.38. The third-order valence-electron chi connectivity index (χ3n) is 2.92. The second-order valence-electron chi connectivity index (χ2n) is 4.15. The molecule has 0 aromatic carbocycles. The number of rotatable bonds is 7. The summed E-state index contributed by atoms with van der Waals surface area (Å²) in [5.74, 6) is 6.60. The van der Waals surface area contributed by atoms with Crippen LogP contribution in [0, 0.1) is 0 Å². The van der Waals surface area contributed by atoms with Crippen LogP contribution in [-0.4, -0.2) is 6.04 Å². The van der Waals surface area contributed by atoms with Gasteiger partial charge in [-0.2, -0.15) is 11.3 Å². The number of aryl methyl sites for hydroxylation is 2. The highest BCUT2D eigenvalue weighted by molar-refractivity contribution is 7.07. The predicted molar refractivity (Wildman–Crippen MR) is 70.8 cm³/mol. The Morgan fingerprint density at radius 2 is 2.18 bits per heavy atom. The van der Waals surface area contributed by atoms with Crippen molar-refractivity contribution in [1.29, 1.82) is 0 Å². The standard InChI is InChI=1S/C13H18N2OS/c14-15-12(4-3-11-7-9-17-10-11)5-6-13-2-1-8-16-13/h1-2,7-10,12,15H,3-6,14H2. The molecule has 1 atom stereocenters. The van der Waals surface area contributed by atoms with Gasteiger partial charge in [-0.1, -0.05) is 0 Å². The molecule has 0 saturated carbocycles. The fourth-order valence-electron chi connectivity index (χ4n) is 1.86. The van der Waals surface area contributed by atoms with E-state index in [-0.39, 0.29) is 0 Å². The molecule has 0 saturated heterocycles. The Labute approximate surface area is 106 Å². The first-order valence-corrected chi connectivity index (χ1v) is 6.82. The number of hydrazine groups is 1. The number of furan rings is 1. The molecule has 0 aliphatic carbocycles. The molecule has 17 heavy (non-hydrogen) atoms. The van der Waals surface area contributed by atoms with Crippen LogP contribution in [0.3, 0.4) is 0 Å². The fourth-order valence-corrected chi connectivity index (χ4v) is 2.56. The maximum Gasteiger partial charge on any atom is 0.103 e. The zero-order valence-corrected chi connectivity index (χ0v) is 10.6. The molecule has 0 amide bonds. The van der Waals surface area contributed by atoms with Crippen LogP contribution in [-0.2, 0) is 12.8 Å². The van der Waals surface area contributed by atoms with Crippen molar-refractivity contribution in [1.82, 2.24) is 5.43 Å². The van der Waals surface area contributed by atoms with Crippen molar-refractivity contribution in [2.45, 2.75) is 31.7 Å². The van der Waals surface area contributed by atoms with Gasteiger partial charge in [0.1, 0.15) is 5.76 Å². The van der Waals surface area contributed by atoms with E-state index in [1.54, 1.807) is 17.6 Å². The SMILES string of the molecule is NNC(CCc1ccsc1)CCc1ccco1. The molecule has 2 aromatic rings. The molecule has 1 unspecified atom stereocenters. The summed E-state index contributed by atoms with van der Waals surface area (Å²) in [4.78, 5) is 0. The molecule has 0 bridgehead atoms. The summed E-state index contributed by atoms with van der Waals surface area (Å²) >= 11 is 1.74. The average Bonchev–Trinajstić information content (AvgIpc) is 3.02. The van der Waals surface area contributed by atoms with Crippen LogP contribution in [0.1, 0.15) is 24.2 Å². The topological polar surface area (TPSA) is 51.2 Å². The number of nitrogens with two attached hydrogens (primary N) is 1.